The average molecular weight is 652 g/mol. The number of hydrogen-bond donors (Lipinski definition) is 0. The Balaban J connectivity index is 1.48. The first-order chi connectivity index (χ1) is 24.6. The van der Waals surface area contributed by atoms with E-state index in [1.165, 1.54) is 78.3 Å². The standard InChI is InChI=1S/C47H45N3/c1-4-6-7-12-34-17-20-37-27-38-21-18-35-23-25-45(49(31-35)33-48(3)5-2)41-14-9-8-13-40(41)44(30-34)47-43-16-11-10-15-42(43)46-26-24-36(32-50(46)47)19-22-39(28-37)29-38/h4-16,23-29,31-32H,1-2,17-22,30,33H2,3H3/q+2/b7-6-,34-12+,47-44-. The summed E-state index contributed by atoms with van der Waals surface area (Å²) in [7, 11) is 2.10. The van der Waals surface area contributed by atoms with E-state index in [9.17, 15) is 0 Å². The zero-order valence-electron chi connectivity index (χ0n) is 29.1. The quantitative estimate of drug-likeness (QED) is 0.134. The summed E-state index contributed by atoms with van der Waals surface area (Å²) in [4.78, 5) is 2.16. The molecule has 50 heavy (non-hydrogen) atoms. The summed E-state index contributed by atoms with van der Waals surface area (Å²) in [5.74, 6) is 0. The van der Waals surface area contributed by atoms with E-state index < -0.39 is 0 Å². The molecule has 0 saturated heterocycles. The number of hydrogen-bond acceptors (Lipinski definition) is 1. The molecule has 1 aliphatic carbocycles. The fourth-order valence-electron chi connectivity index (χ4n) is 8.01. The van der Waals surface area contributed by atoms with E-state index in [2.05, 4.69) is 150 Å². The van der Waals surface area contributed by atoms with Crippen molar-refractivity contribution < 1.29 is 9.13 Å². The molecule has 0 saturated carbocycles. The minimum absolute atomic E-state index is 0.716. The van der Waals surface area contributed by atoms with E-state index in [-0.39, 0.29) is 0 Å². The third kappa shape index (κ3) is 6.20. The van der Waals surface area contributed by atoms with E-state index in [0.717, 1.165) is 44.9 Å². The number of nitrogens with zero attached hydrogens (tertiary/aromatic N) is 3. The summed E-state index contributed by atoms with van der Waals surface area (Å²) in [6.07, 6.45) is 22.0. The van der Waals surface area contributed by atoms with Gasteiger partial charge in [0.1, 0.15) is 0 Å². The average Bonchev–Trinajstić information content (AvgIpc) is 3.47. The van der Waals surface area contributed by atoms with Gasteiger partial charge in [-0.3, -0.25) is 0 Å². The Kier molecular flexibility index (Phi) is 8.73. The highest BCUT2D eigenvalue weighted by Gasteiger charge is 2.36. The summed E-state index contributed by atoms with van der Waals surface area (Å²) in [6, 6.07) is 34.8. The van der Waals surface area contributed by atoms with E-state index in [0.29, 0.717) is 6.67 Å². The van der Waals surface area contributed by atoms with Crippen molar-refractivity contribution in [1.82, 2.24) is 4.90 Å². The molecule has 3 heteroatoms. The topological polar surface area (TPSA) is 11.0 Å². The van der Waals surface area contributed by atoms with Gasteiger partial charge < -0.3 is 4.90 Å². The summed E-state index contributed by atoms with van der Waals surface area (Å²) in [5.41, 5.74) is 18.6. The van der Waals surface area contributed by atoms with Gasteiger partial charge in [-0.2, -0.15) is 9.13 Å². The highest BCUT2D eigenvalue weighted by Crippen LogP contribution is 2.42. The van der Waals surface area contributed by atoms with Crippen LogP contribution in [0.1, 0.15) is 51.8 Å². The van der Waals surface area contributed by atoms with Gasteiger partial charge in [0.25, 0.3) is 0 Å². The Hall–Kier alpha value is -5.54. The highest BCUT2D eigenvalue weighted by molar-refractivity contribution is 5.97. The fraction of sp³-hybridized carbons (Fsp3) is 0.191. The molecule has 4 aliphatic rings. The van der Waals surface area contributed by atoms with E-state index in [4.69, 9.17) is 0 Å². The zero-order valence-corrected chi connectivity index (χ0v) is 29.1. The number of fused-ring (bicyclic) bond motifs is 8. The molecule has 5 aromatic rings. The predicted octanol–water partition coefficient (Wildman–Crippen LogP) is 9.25. The van der Waals surface area contributed by atoms with Crippen LogP contribution in [0.4, 0.5) is 0 Å². The van der Waals surface area contributed by atoms with Gasteiger partial charge in [0.15, 0.2) is 12.4 Å². The van der Waals surface area contributed by atoms with Crippen molar-refractivity contribution in [3.8, 4) is 22.5 Å². The smallest absolute Gasteiger partial charge is 0.223 e. The minimum atomic E-state index is 0.716. The number of aryl methyl sites for hydroxylation is 5. The number of benzene rings is 3. The molecular formula is C47H45N3+2. The van der Waals surface area contributed by atoms with Crippen LogP contribution in [-0.2, 0) is 38.8 Å². The maximum atomic E-state index is 4.08. The van der Waals surface area contributed by atoms with E-state index in [1.807, 2.05) is 18.4 Å². The Bertz CT molecular complexity index is 2230. The third-order valence-corrected chi connectivity index (χ3v) is 10.5. The van der Waals surface area contributed by atoms with Gasteiger partial charge in [-0.1, -0.05) is 91.6 Å². The van der Waals surface area contributed by atoms with E-state index >= 15 is 0 Å². The van der Waals surface area contributed by atoms with Crippen LogP contribution < -0.4 is 9.13 Å². The summed E-state index contributed by atoms with van der Waals surface area (Å²) in [6.45, 7) is 8.76. The van der Waals surface area contributed by atoms with Gasteiger partial charge in [0, 0.05) is 42.3 Å². The molecular weight excluding hydrogens is 607 g/mol. The van der Waals surface area contributed by atoms with Crippen molar-refractivity contribution in [2.45, 2.75) is 51.6 Å². The molecule has 3 aliphatic heterocycles. The lowest BCUT2D eigenvalue weighted by Gasteiger charge is -2.19. The van der Waals surface area contributed by atoms with Gasteiger partial charge in [0.05, 0.1) is 16.7 Å². The van der Waals surface area contributed by atoms with Crippen molar-refractivity contribution in [2.24, 2.45) is 0 Å². The van der Waals surface area contributed by atoms with Crippen LogP contribution in [0.5, 0.6) is 0 Å². The maximum absolute atomic E-state index is 4.08. The lowest BCUT2D eigenvalue weighted by atomic mass is 9.86. The van der Waals surface area contributed by atoms with Crippen LogP contribution in [0.25, 0.3) is 33.8 Å². The molecule has 0 radical (unpaired) electrons. The monoisotopic (exact) mass is 651 g/mol. The Morgan fingerprint density at radius 2 is 1.20 bits per heavy atom. The molecule has 5 heterocycles. The molecule has 2 aromatic heterocycles. The molecule has 0 amide bonds. The Morgan fingerprint density at radius 3 is 1.88 bits per heavy atom. The van der Waals surface area contributed by atoms with Crippen LogP contribution in [0.3, 0.4) is 0 Å². The van der Waals surface area contributed by atoms with Gasteiger partial charge in [0.2, 0.25) is 23.8 Å². The molecule has 0 spiro atoms. The second kappa shape index (κ2) is 13.8. The first-order valence-electron chi connectivity index (χ1n) is 18.0. The molecule has 0 fully saturated rings. The van der Waals surface area contributed by atoms with Crippen molar-refractivity contribution in [2.75, 3.05) is 7.05 Å². The summed E-state index contributed by atoms with van der Waals surface area (Å²) in [5, 5.41) is 0. The lowest BCUT2D eigenvalue weighted by Crippen LogP contribution is -2.42. The molecule has 9 rings (SSSR count). The largest absolute Gasteiger partial charge is 0.327 e. The summed E-state index contributed by atoms with van der Waals surface area (Å²) < 4.78 is 4.92. The Labute approximate surface area is 297 Å². The Morgan fingerprint density at radius 1 is 0.620 bits per heavy atom. The molecule has 3 nitrogen and oxygen atoms in total. The number of rotatable bonds is 5. The van der Waals surface area contributed by atoms with Crippen molar-refractivity contribution in [3.63, 3.8) is 0 Å². The fourth-order valence-corrected chi connectivity index (χ4v) is 8.01. The molecule has 3 aromatic carbocycles. The van der Waals surface area contributed by atoms with Crippen molar-refractivity contribution >= 4 is 11.3 Å². The molecule has 8 bridgehead atoms. The predicted molar refractivity (Wildman–Crippen MR) is 206 cm³/mol. The number of aromatic nitrogens is 2. The van der Waals surface area contributed by atoms with E-state index in [1.54, 1.807) is 0 Å². The minimum Gasteiger partial charge on any atom is -0.327 e. The van der Waals surface area contributed by atoms with Crippen molar-refractivity contribution in [3.05, 3.63) is 192 Å². The summed E-state index contributed by atoms with van der Waals surface area (Å²) >= 11 is 0. The molecule has 0 unspecified atom stereocenters. The zero-order chi connectivity index (χ0) is 34.0. The maximum Gasteiger partial charge on any atom is 0.223 e. The van der Waals surface area contributed by atoms with Crippen LogP contribution in [0, 0.1) is 0 Å². The third-order valence-electron chi connectivity index (χ3n) is 10.5. The second-order valence-corrected chi connectivity index (χ2v) is 14.0. The lowest BCUT2D eigenvalue weighted by molar-refractivity contribution is -0.702. The number of pyridine rings is 2. The molecule has 246 valence electrons. The molecule has 0 N–H and O–H groups in total. The highest BCUT2D eigenvalue weighted by atomic mass is 15.2. The van der Waals surface area contributed by atoms with Crippen molar-refractivity contribution in [1.29, 1.82) is 0 Å². The van der Waals surface area contributed by atoms with Gasteiger partial charge in [-0.05, 0) is 97.3 Å². The first-order valence-corrected chi connectivity index (χ1v) is 18.0. The number of allylic oxidation sites excluding steroid dienone is 6. The molecule has 0 atom stereocenters. The van der Waals surface area contributed by atoms with Crippen LogP contribution in [-0.4, -0.2) is 11.9 Å². The van der Waals surface area contributed by atoms with Gasteiger partial charge in [-0.15, -0.1) is 0 Å². The van der Waals surface area contributed by atoms with Gasteiger partial charge >= 0.3 is 0 Å². The second-order valence-electron chi connectivity index (χ2n) is 14.0. The van der Waals surface area contributed by atoms with Gasteiger partial charge in [-0.25, -0.2) is 0 Å². The SMILES string of the molecule is C=C/C=C\C=C1/CCc2cc3cc(c2)CCc2ccc4[n+](c2)/C(=C(/C1)c1ccccc1-c1ccc(c[n+]1CN(C)C=C)CC3)c1ccccc1-4. The van der Waals surface area contributed by atoms with Crippen LogP contribution in [0.15, 0.2) is 153 Å². The van der Waals surface area contributed by atoms with Crippen LogP contribution >= 0.6 is 0 Å². The first kappa shape index (κ1) is 31.7. The van der Waals surface area contributed by atoms with Crippen LogP contribution in [0.2, 0.25) is 0 Å². The normalized spacial score (nSPS) is 17.1.